The molecule has 0 bridgehead atoms. The Balaban J connectivity index is 2.90. The maximum Gasteiger partial charge on any atom is 0.251 e. The number of benzene rings is 1. The molecule has 0 saturated heterocycles. The Morgan fingerprint density at radius 1 is 1.28 bits per heavy atom. The number of amides is 1. The van der Waals surface area contributed by atoms with Crippen molar-refractivity contribution < 1.29 is 18.7 Å². The van der Waals surface area contributed by atoms with E-state index in [0.29, 0.717) is 12.8 Å². The van der Waals surface area contributed by atoms with Gasteiger partial charge in [-0.25, -0.2) is 8.78 Å². The van der Waals surface area contributed by atoms with Gasteiger partial charge in [0.05, 0.1) is 12.1 Å². The van der Waals surface area contributed by atoms with Crippen LogP contribution in [0.25, 0.3) is 0 Å². The number of aliphatic hydroxyl groups is 1. The summed E-state index contributed by atoms with van der Waals surface area (Å²) in [7, 11) is 0. The van der Waals surface area contributed by atoms with E-state index in [1.807, 2.05) is 13.8 Å². The van der Waals surface area contributed by atoms with Crippen molar-refractivity contribution in [3.8, 4) is 0 Å². The van der Waals surface area contributed by atoms with Crippen LogP contribution in [0.4, 0.5) is 8.78 Å². The topological polar surface area (TPSA) is 49.3 Å². The highest BCUT2D eigenvalue weighted by molar-refractivity contribution is 5.94. The molecule has 1 amide bonds. The summed E-state index contributed by atoms with van der Waals surface area (Å²) >= 11 is 0. The minimum absolute atomic E-state index is 0.0358. The lowest BCUT2D eigenvalue weighted by molar-refractivity contribution is 0.0817. The summed E-state index contributed by atoms with van der Waals surface area (Å²) in [5.74, 6) is -2.58. The molecule has 0 unspecified atom stereocenters. The lowest BCUT2D eigenvalue weighted by atomic mass is 9.93. The monoisotopic (exact) mass is 257 g/mol. The van der Waals surface area contributed by atoms with Crippen LogP contribution in [0.5, 0.6) is 0 Å². The number of aliphatic hydroxyl groups excluding tert-OH is 1. The molecule has 0 spiro atoms. The van der Waals surface area contributed by atoms with Gasteiger partial charge in [-0.15, -0.1) is 0 Å². The van der Waals surface area contributed by atoms with Crippen LogP contribution in [0.1, 0.15) is 37.0 Å². The van der Waals surface area contributed by atoms with Crippen LogP contribution in [0, 0.1) is 11.6 Å². The van der Waals surface area contributed by atoms with Gasteiger partial charge >= 0.3 is 0 Å². The lowest BCUT2D eigenvalue weighted by Gasteiger charge is -2.30. The van der Waals surface area contributed by atoms with Gasteiger partial charge in [0.25, 0.3) is 5.91 Å². The van der Waals surface area contributed by atoms with Crippen molar-refractivity contribution in [2.24, 2.45) is 0 Å². The molecule has 2 N–H and O–H groups in total. The lowest BCUT2D eigenvalue weighted by Crippen LogP contribution is -2.50. The molecule has 0 saturated carbocycles. The van der Waals surface area contributed by atoms with E-state index in [-0.39, 0.29) is 12.2 Å². The number of carbonyl (C=O) groups excluding carboxylic acids is 1. The largest absolute Gasteiger partial charge is 0.394 e. The Hall–Kier alpha value is -1.49. The fourth-order valence-electron chi connectivity index (χ4n) is 1.64. The molecule has 5 heteroatoms. The number of nitrogens with one attached hydrogen (secondary N) is 1. The first-order valence-corrected chi connectivity index (χ1v) is 5.86. The van der Waals surface area contributed by atoms with Gasteiger partial charge < -0.3 is 10.4 Å². The van der Waals surface area contributed by atoms with Gasteiger partial charge in [-0.1, -0.05) is 13.8 Å². The van der Waals surface area contributed by atoms with Gasteiger partial charge in [0, 0.05) is 5.56 Å². The molecule has 0 aliphatic heterocycles. The first kappa shape index (κ1) is 14.6. The Morgan fingerprint density at radius 2 is 1.89 bits per heavy atom. The fourth-order valence-corrected chi connectivity index (χ4v) is 1.64. The molecule has 1 aromatic rings. The first-order valence-electron chi connectivity index (χ1n) is 5.86. The standard InChI is InChI=1S/C13H17F2NO2/c1-3-13(4-2,8-17)16-12(18)9-5-6-10(14)11(15)7-9/h5-7,17H,3-4,8H2,1-2H3,(H,16,18). The zero-order chi connectivity index (χ0) is 13.8. The van der Waals surface area contributed by atoms with Crippen molar-refractivity contribution in [2.75, 3.05) is 6.61 Å². The molecular formula is C13H17F2NO2. The van der Waals surface area contributed by atoms with E-state index in [1.54, 1.807) is 0 Å². The summed E-state index contributed by atoms with van der Waals surface area (Å²) in [4.78, 5) is 11.9. The van der Waals surface area contributed by atoms with Crippen LogP contribution in [0.2, 0.25) is 0 Å². The first-order chi connectivity index (χ1) is 8.48. The molecule has 1 aromatic carbocycles. The van der Waals surface area contributed by atoms with Crippen LogP contribution in [-0.2, 0) is 0 Å². The summed E-state index contributed by atoms with van der Waals surface area (Å²) in [6, 6.07) is 2.96. The summed E-state index contributed by atoms with van der Waals surface area (Å²) in [5.41, 5.74) is -0.685. The van der Waals surface area contributed by atoms with Crippen LogP contribution in [0.3, 0.4) is 0 Å². The SMILES string of the molecule is CCC(CC)(CO)NC(=O)c1ccc(F)c(F)c1. The molecule has 100 valence electrons. The molecule has 0 aliphatic rings. The van der Waals surface area contributed by atoms with E-state index in [9.17, 15) is 18.7 Å². The minimum atomic E-state index is -1.06. The average Bonchev–Trinajstić information content (AvgIpc) is 2.39. The van der Waals surface area contributed by atoms with Gasteiger partial charge in [0.15, 0.2) is 11.6 Å². The summed E-state index contributed by atoms with van der Waals surface area (Å²) < 4.78 is 25.8. The second kappa shape index (κ2) is 5.91. The van der Waals surface area contributed by atoms with Gasteiger partial charge in [0.1, 0.15) is 0 Å². The maximum absolute atomic E-state index is 13.0. The van der Waals surface area contributed by atoms with E-state index in [4.69, 9.17) is 0 Å². The molecular weight excluding hydrogens is 240 g/mol. The smallest absolute Gasteiger partial charge is 0.251 e. The third-order valence-corrected chi connectivity index (χ3v) is 3.22. The Labute approximate surface area is 105 Å². The predicted molar refractivity (Wildman–Crippen MR) is 64.2 cm³/mol. The Kier molecular flexibility index (Phi) is 4.78. The molecule has 0 atom stereocenters. The predicted octanol–water partition coefficient (Wildman–Crippen LogP) is 2.25. The van der Waals surface area contributed by atoms with Crippen LogP contribution < -0.4 is 5.32 Å². The quantitative estimate of drug-likeness (QED) is 0.850. The number of hydrogen-bond donors (Lipinski definition) is 2. The van der Waals surface area contributed by atoms with Gasteiger partial charge in [-0.05, 0) is 31.0 Å². The van der Waals surface area contributed by atoms with Crippen molar-refractivity contribution >= 4 is 5.91 Å². The Bertz CT molecular complexity index is 423. The molecule has 0 aromatic heterocycles. The Morgan fingerprint density at radius 3 is 2.33 bits per heavy atom. The van der Waals surface area contributed by atoms with Gasteiger partial charge in [-0.3, -0.25) is 4.79 Å². The van der Waals surface area contributed by atoms with Crippen molar-refractivity contribution in [2.45, 2.75) is 32.2 Å². The molecule has 18 heavy (non-hydrogen) atoms. The average molecular weight is 257 g/mol. The zero-order valence-electron chi connectivity index (χ0n) is 10.5. The molecule has 0 heterocycles. The number of hydrogen-bond acceptors (Lipinski definition) is 2. The summed E-state index contributed by atoms with van der Waals surface area (Å²) in [6.07, 6.45) is 1.10. The highest BCUT2D eigenvalue weighted by Crippen LogP contribution is 2.16. The molecule has 0 radical (unpaired) electrons. The third kappa shape index (κ3) is 3.04. The number of halogens is 2. The maximum atomic E-state index is 13.0. The molecule has 1 rings (SSSR count). The number of rotatable bonds is 5. The second-order valence-electron chi connectivity index (χ2n) is 4.23. The van der Waals surface area contributed by atoms with Crippen LogP contribution in [0.15, 0.2) is 18.2 Å². The highest BCUT2D eigenvalue weighted by atomic mass is 19.2. The van der Waals surface area contributed by atoms with Crippen molar-refractivity contribution in [3.05, 3.63) is 35.4 Å². The third-order valence-electron chi connectivity index (χ3n) is 3.22. The normalized spacial score (nSPS) is 11.4. The highest BCUT2D eigenvalue weighted by Gasteiger charge is 2.27. The van der Waals surface area contributed by atoms with E-state index in [0.717, 1.165) is 12.1 Å². The second-order valence-corrected chi connectivity index (χ2v) is 4.23. The van der Waals surface area contributed by atoms with Crippen LogP contribution >= 0.6 is 0 Å². The van der Waals surface area contributed by atoms with Gasteiger partial charge in [-0.2, -0.15) is 0 Å². The number of carbonyl (C=O) groups is 1. The van der Waals surface area contributed by atoms with Gasteiger partial charge in [0.2, 0.25) is 0 Å². The summed E-state index contributed by atoms with van der Waals surface area (Å²) in [6.45, 7) is 3.48. The zero-order valence-corrected chi connectivity index (χ0v) is 10.5. The fraction of sp³-hybridized carbons (Fsp3) is 0.462. The van der Waals surface area contributed by atoms with Crippen LogP contribution in [-0.4, -0.2) is 23.2 Å². The molecule has 0 fully saturated rings. The van der Waals surface area contributed by atoms with E-state index in [1.165, 1.54) is 6.07 Å². The minimum Gasteiger partial charge on any atom is -0.394 e. The van der Waals surface area contributed by atoms with E-state index in [2.05, 4.69) is 5.32 Å². The van der Waals surface area contributed by atoms with Crippen molar-refractivity contribution in [3.63, 3.8) is 0 Å². The van der Waals surface area contributed by atoms with E-state index >= 15 is 0 Å². The molecule has 3 nitrogen and oxygen atoms in total. The van der Waals surface area contributed by atoms with Crippen molar-refractivity contribution in [1.29, 1.82) is 0 Å². The molecule has 0 aliphatic carbocycles. The van der Waals surface area contributed by atoms with E-state index < -0.39 is 23.1 Å². The summed E-state index contributed by atoms with van der Waals surface area (Å²) in [5, 5.41) is 12.0. The van der Waals surface area contributed by atoms with Crippen molar-refractivity contribution in [1.82, 2.24) is 5.32 Å².